The van der Waals surface area contributed by atoms with E-state index in [-0.39, 0.29) is 0 Å². The van der Waals surface area contributed by atoms with Crippen LogP contribution in [0.4, 0.5) is 5.69 Å². The smallest absolute Gasteiger partial charge is 0.246 e. The second-order valence-electron chi connectivity index (χ2n) is 5.37. The molecule has 0 saturated carbocycles. The molecule has 110 valence electrons. The molecule has 0 atom stereocenters. The zero-order valence-electron chi connectivity index (χ0n) is 12.7. The number of rotatable bonds is 6. The van der Waals surface area contributed by atoms with Crippen molar-refractivity contribution in [1.29, 1.82) is 0 Å². The molecule has 0 bridgehead atoms. The molecule has 1 heterocycles. The topological polar surface area (TPSA) is 47.0 Å². The Labute approximate surface area is 127 Å². The predicted octanol–water partition coefficient (Wildman–Crippen LogP) is 3.67. The SMILES string of the molecule is Cc1nccnc1C/C=C/[Si](C)(C)ONc1ccccc1. The van der Waals surface area contributed by atoms with E-state index in [1.807, 2.05) is 37.3 Å². The maximum atomic E-state index is 5.85. The van der Waals surface area contributed by atoms with E-state index in [9.17, 15) is 0 Å². The Morgan fingerprint density at radius 1 is 1.14 bits per heavy atom. The summed E-state index contributed by atoms with van der Waals surface area (Å²) in [6.07, 6.45) is 6.35. The lowest BCUT2D eigenvalue weighted by Crippen LogP contribution is -2.30. The Morgan fingerprint density at radius 3 is 2.57 bits per heavy atom. The molecule has 5 heteroatoms. The second-order valence-corrected chi connectivity index (χ2v) is 9.11. The highest BCUT2D eigenvalue weighted by atomic mass is 28.4. The van der Waals surface area contributed by atoms with E-state index >= 15 is 0 Å². The first-order valence-electron chi connectivity index (χ1n) is 7.00. The number of benzene rings is 1. The third-order valence-corrected chi connectivity index (χ3v) is 4.69. The van der Waals surface area contributed by atoms with Crippen LogP contribution in [0.25, 0.3) is 0 Å². The molecule has 0 fully saturated rings. The van der Waals surface area contributed by atoms with Crippen molar-refractivity contribution in [3.05, 3.63) is 65.9 Å². The Hall–Kier alpha value is -1.98. The van der Waals surface area contributed by atoms with Gasteiger partial charge in [-0.15, -0.1) is 0 Å². The zero-order chi connectivity index (χ0) is 15.1. The fraction of sp³-hybridized carbons (Fsp3) is 0.250. The van der Waals surface area contributed by atoms with E-state index in [4.69, 9.17) is 4.53 Å². The molecule has 0 amide bonds. The minimum atomic E-state index is -1.90. The lowest BCUT2D eigenvalue weighted by Gasteiger charge is -2.19. The molecule has 1 aromatic carbocycles. The van der Waals surface area contributed by atoms with Gasteiger partial charge in [0.25, 0.3) is 0 Å². The predicted molar refractivity (Wildman–Crippen MR) is 88.2 cm³/mol. The lowest BCUT2D eigenvalue weighted by atomic mass is 10.2. The Kier molecular flexibility index (Phi) is 5.24. The molecular weight excluding hydrogens is 278 g/mol. The van der Waals surface area contributed by atoms with E-state index in [1.165, 1.54) is 0 Å². The van der Waals surface area contributed by atoms with Gasteiger partial charge in [-0.25, -0.2) is 0 Å². The molecule has 2 rings (SSSR count). The summed E-state index contributed by atoms with van der Waals surface area (Å²) in [6.45, 7) is 6.26. The van der Waals surface area contributed by atoms with Gasteiger partial charge in [-0.3, -0.25) is 15.4 Å². The molecule has 0 radical (unpaired) electrons. The molecule has 0 aliphatic heterocycles. The van der Waals surface area contributed by atoms with Gasteiger partial charge in [-0.05, 0) is 32.2 Å². The van der Waals surface area contributed by atoms with Gasteiger partial charge < -0.3 is 4.53 Å². The van der Waals surface area contributed by atoms with Crippen LogP contribution >= 0.6 is 0 Å². The fourth-order valence-electron chi connectivity index (χ4n) is 1.82. The van der Waals surface area contributed by atoms with Crippen LogP contribution in [0.1, 0.15) is 11.4 Å². The summed E-state index contributed by atoms with van der Waals surface area (Å²) in [6, 6.07) is 9.91. The minimum Gasteiger partial charge on any atom is -0.318 e. The van der Waals surface area contributed by atoms with Gasteiger partial charge >= 0.3 is 0 Å². The van der Waals surface area contributed by atoms with Crippen molar-refractivity contribution >= 4 is 14.0 Å². The summed E-state index contributed by atoms with van der Waals surface area (Å²) in [7, 11) is -1.90. The fourth-order valence-corrected chi connectivity index (χ4v) is 2.96. The monoisotopic (exact) mass is 299 g/mol. The number of anilines is 1. The molecule has 2 aromatic rings. The highest BCUT2D eigenvalue weighted by molar-refractivity contribution is 6.76. The van der Waals surface area contributed by atoms with Crippen molar-refractivity contribution in [3.8, 4) is 0 Å². The number of aromatic nitrogens is 2. The first-order chi connectivity index (χ1) is 10.1. The van der Waals surface area contributed by atoms with Gasteiger partial charge in [0.15, 0.2) is 0 Å². The number of para-hydroxylation sites is 1. The van der Waals surface area contributed by atoms with Crippen LogP contribution in [-0.4, -0.2) is 18.3 Å². The Morgan fingerprint density at radius 2 is 1.86 bits per heavy atom. The number of aryl methyl sites for hydroxylation is 1. The van der Waals surface area contributed by atoms with Gasteiger partial charge in [0, 0.05) is 18.8 Å². The molecular formula is C16H21N3OSi. The summed E-state index contributed by atoms with van der Waals surface area (Å²) in [5, 5.41) is 0. The van der Waals surface area contributed by atoms with Crippen LogP contribution in [0.15, 0.2) is 54.5 Å². The van der Waals surface area contributed by atoms with Crippen LogP contribution in [0.3, 0.4) is 0 Å². The number of nitrogens with zero attached hydrogens (tertiary/aromatic N) is 2. The van der Waals surface area contributed by atoms with Crippen molar-refractivity contribution < 1.29 is 4.53 Å². The quantitative estimate of drug-likeness (QED) is 0.653. The standard InChI is InChI=1S/C16H21N3OSi/c1-14-16(18-12-11-17-14)10-7-13-21(2,3)20-19-15-8-5-4-6-9-15/h4-9,11-13,19H,10H2,1-3H3/b13-7+. The molecule has 0 saturated heterocycles. The summed E-state index contributed by atoms with van der Waals surface area (Å²) in [5.74, 6) is 0. The van der Waals surface area contributed by atoms with Crippen molar-refractivity contribution in [1.82, 2.24) is 9.97 Å². The van der Waals surface area contributed by atoms with Crippen molar-refractivity contribution in [2.45, 2.75) is 26.4 Å². The van der Waals surface area contributed by atoms with Crippen LogP contribution in [0.5, 0.6) is 0 Å². The molecule has 4 nitrogen and oxygen atoms in total. The maximum absolute atomic E-state index is 5.85. The Balaban J connectivity index is 1.88. The molecule has 21 heavy (non-hydrogen) atoms. The lowest BCUT2D eigenvalue weighted by molar-refractivity contribution is 0.405. The second kappa shape index (κ2) is 7.15. The largest absolute Gasteiger partial charge is 0.318 e. The minimum absolute atomic E-state index is 0.783. The summed E-state index contributed by atoms with van der Waals surface area (Å²) >= 11 is 0. The van der Waals surface area contributed by atoms with Crippen LogP contribution in [0.2, 0.25) is 13.1 Å². The highest BCUT2D eigenvalue weighted by Crippen LogP contribution is 2.12. The Bertz CT molecular complexity index is 599. The first-order valence-corrected chi connectivity index (χ1v) is 9.99. The average Bonchev–Trinajstić information content (AvgIpc) is 2.48. The zero-order valence-corrected chi connectivity index (χ0v) is 13.7. The third kappa shape index (κ3) is 5.13. The molecule has 0 unspecified atom stereocenters. The van der Waals surface area contributed by atoms with Gasteiger partial charge in [0.05, 0.1) is 17.1 Å². The molecule has 0 aliphatic carbocycles. The maximum Gasteiger partial charge on any atom is 0.246 e. The van der Waals surface area contributed by atoms with Crippen molar-refractivity contribution in [2.24, 2.45) is 0 Å². The number of allylic oxidation sites excluding steroid dienone is 1. The number of hydrogen-bond donors (Lipinski definition) is 1. The third-order valence-electron chi connectivity index (χ3n) is 3.02. The molecule has 0 spiro atoms. The highest BCUT2D eigenvalue weighted by Gasteiger charge is 2.19. The van der Waals surface area contributed by atoms with Gasteiger partial charge in [-0.2, -0.15) is 0 Å². The van der Waals surface area contributed by atoms with Crippen LogP contribution in [-0.2, 0) is 10.9 Å². The van der Waals surface area contributed by atoms with E-state index in [2.05, 4.69) is 40.3 Å². The average molecular weight is 299 g/mol. The van der Waals surface area contributed by atoms with Crippen molar-refractivity contribution in [2.75, 3.05) is 5.48 Å². The molecule has 1 aromatic heterocycles. The van der Waals surface area contributed by atoms with Gasteiger partial charge in [-0.1, -0.05) is 30.0 Å². The van der Waals surface area contributed by atoms with E-state index in [0.717, 1.165) is 23.5 Å². The van der Waals surface area contributed by atoms with Crippen molar-refractivity contribution in [3.63, 3.8) is 0 Å². The number of hydrogen-bond acceptors (Lipinski definition) is 4. The molecule has 0 aliphatic rings. The first kappa shape index (κ1) is 15.4. The van der Waals surface area contributed by atoms with Crippen LogP contribution in [0, 0.1) is 6.92 Å². The van der Waals surface area contributed by atoms with Crippen LogP contribution < -0.4 is 5.48 Å². The summed E-state index contributed by atoms with van der Waals surface area (Å²) in [4.78, 5) is 8.58. The van der Waals surface area contributed by atoms with E-state index in [1.54, 1.807) is 12.4 Å². The van der Waals surface area contributed by atoms with Gasteiger partial charge in [0.2, 0.25) is 8.32 Å². The van der Waals surface area contributed by atoms with Gasteiger partial charge in [0.1, 0.15) is 0 Å². The van der Waals surface area contributed by atoms with E-state index in [0.29, 0.717) is 0 Å². The normalized spacial score (nSPS) is 11.8. The summed E-state index contributed by atoms with van der Waals surface area (Å²) < 4.78 is 5.85. The number of nitrogens with one attached hydrogen (secondary N) is 1. The molecule has 1 N–H and O–H groups in total. The van der Waals surface area contributed by atoms with E-state index < -0.39 is 8.32 Å². The summed E-state index contributed by atoms with van der Waals surface area (Å²) in [5.41, 5.74) is 8.15.